The van der Waals surface area contributed by atoms with Crippen LogP contribution in [0.3, 0.4) is 0 Å². The van der Waals surface area contributed by atoms with Crippen LogP contribution in [-0.2, 0) is 20.9 Å². The number of aliphatic carboxylic acids is 1. The number of ether oxygens (including phenoxy) is 1. The summed E-state index contributed by atoms with van der Waals surface area (Å²) < 4.78 is 5.13. The second-order valence-corrected chi connectivity index (χ2v) is 7.26. The number of rotatable bonds is 12. The molecule has 6 nitrogen and oxygen atoms in total. The summed E-state index contributed by atoms with van der Waals surface area (Å²) in [4.78, 5) is 24.6. The van der Waals surface area contributed by atoms with E-state index in [-0.39, 0.29) is 18.4 Å². The van der Waals surface area contributed by atoms with Crippen LogP contribution < -0.4 is 0 Å². The van der Waals surface area contributed by atoms with E-state index in [9.17, 15) is 14.7 Å². The lowest BCUT2D eigenvalue weighted by molar-refractivity contribution is -0.137. The third-order valence-electron chi connectivity index (χ3n) is 5.03. The van der Waals surface area contributed by atoms with Gasteiger partial charge in [-0.15, -0.1) is 0 Å². The Labute approximate surface area is 166 Å². The van der Waals surface area contributed by atoms with Crippen LogP contribution in [-0.4, -0.2) is 46.7 Å². The molecule has 2 atom stereocenters. The number of carboxylic acids is 1. The fourth-order valence-electron chi connectivity index (χ4n) is 3.54. The van der Waals surface area contributed by atoms with Crippen molar-refractivity contribution in [1.29, 1.82) is 0 Å². The van der Waals surface area contributed by atoms with E-state index in [1.807, 2.05) is 35.2 Å². The molecule has 1 heterocycles. The van der Waals surface area contributed by atoms with Gasteiger partial charge in [-0.2, -0.15) is 0 Å². The number of methoxy groups -OCH3 is 1. The average Bonchev–Trinajstić information content (AvgIpc) is 3.02. The molecular formula is C22H31NO5. The van der Waals surface area contributed by atoms with E-state index >= 15 is 0 Å². The van der Waals surface area contributed by atoms with Crippen LogP contribution in [0, 0.1) is 0 Å². The van der Waals surface area contributed by atoms with Crippen LogP contribution in [0.1, 0.15) is 62.2 Å². The zero-order valence-corrected chi connectivity index (χ0v) is 16.5. The van der Waals surface area contributed by atoms with Crippen LogP contribution in [0.5, 0.6) is 0 Å². The smallest absolute Gasteiger partial charge is 0.303 e. The van der Waals surface area contributed by atoms with Gasteiger partial charge in [0.15, 0.2) is 0 Å². The molecule has 0 aromatic heterocycles. The number of likely N-dealkylation sites (tertiary alicyclic amines) is 1. The normalized spacial score (nSPS) is 18.1. The molecule has 154 valence electrons. The zero-order chi connectivity index (χ0) is 20.4. The molecule has 1 aliphatic heterocycles. The maximum atomic E-state index is 12.2. The van der Waals surface area contributed by atoms with E-state index in [2.05, 4.69) is 0 Å². The molecule has 2 unspecified atom stereocenters. The summed E-state index contributed by atoms with van der Waals surface area (Å²) in [6, 6.07) is 7.67. The van der Waals surface area contributed by atoms with Crippen molar-refractivity contribution in [3.05, 3.63) is 47.5 Å². The molecule has 2 rings (SSSR count). The molecule has 0 spiro atoms. The highest BCUT2D eigenvalue weighted by Crippen LogP contribution is 2.23. The molecule has 2 N–H and O–H groups in total. The first kappa shape index (κ1) is 22.1. The highest BCUT2D eigenvalue weighted by atomic mass is 16.5. The number of carbonyl (C=O) groups excluding carboxylic acids is 1. The zero-order valence-electron chi connectivity index (χ0n) is 16.5. The minimum Gasteiger partial charge on any atom is -0.481 e. The quantitative estimate of drug-likeness (QED) is 0.422. The van der Waals surface area contributed by atoms with E-state index < -0.39 is 12.1 Å². The van der Waals surface area contributed by atoms with Gasteiger partial charge >= 0.3 is 5.97 Å². The van der Waals surface area contributed by atoms with Crippen molar-refractivity contribution in [3.8, 4) is 0 Å². The first-order valence-corrected chi connectivity index (χ1v) is 9.96. The maximum absolute atomic E-state index is 12.2. The Bertz CT molecular complexity index is 673. The minimum atomic E-state index is -0.758. The highest BCUT2D eigenvalue weighted by molar-refractivity contribution is 5.79. The van der Waals surface area contributed by atoms with Crippen LogP contribution in [0.15, 0.2) is 36.4 Å². The molecule has 28 heavy (non-hydrogen) atoms. The molecule has 1 fully saturated rings. The number of carbonyl (C=O) groups is 2. The SMILES string of the molecule is COCc1cccc(C(O)C=CC2CCC(=O)N2CCCCCCC(=O)O)c1. The van der Waals surface area contributed by atoms with Gasteiger partial charge in [-0.25, -0.2) is 0 Å². The Kier molecular flexibility index (Phi) is 9.17. The first-order valence-electron chi connectivity index (χ1n) is 9.96. The summed E-state index contributed by atoms with van der Waals surface area (Å²) >= 11 is 0. The molecule has 6 heteroatoms. The lowest BCUT2D eigenvalue weighted by atomic mass is 10.0. The van der Waals surface area contributed by atoms with Crippen LogP contribution in [0.4, 0.5) is 0 Å². The van der Waals surface area contributed by atoms with E-state index in [1.165, 1.54) is 0 Å². The van der Waals surface area contributed by atoms with Crippen molar-refractivity contribution in [2.24, 2.45) is 0 Å². The topological polar surface area (TPSA) is 87.1 Å². The van der Waals surface area contributed by atoms with Gasteiger partial charge in [0, 0.05) is 26.5 Å². The summed E-state index contributed by atoms with van der Waals surface area (Å²) in [6.45, 7) is 1.18. The predicted molar refractivity (Wildman–Crippen MR) is 107 cm³/mol. The summed E-state index contributed by atoms with van der Waals surface area (Å²) in [5.74, 6) is -0.608. The van der Waals surface area contributed by atoms with Gasteiger partial charge in [-0.3, -0.25) is 9.59 Å². The van der Waals surface area contributed by atoms with Gasteiger partial charge in [0.05, 0.1) is 18.8 Å². The van der Waals surface area contributed by atoms with Crippen molar-refractivity contribution in [2.45, 2.75) is 63.7 Å². The maximum Gasteiger partial charge on any atom is 0.303 e. The Morgan fingerprint density at radius 3 is 2.86 bits per heavy atom. The second-order valence-electron chi connectivity index (χ2n) is 7.26. The van der Waals surface area contributed by atoms with Crippen LogP contribution in [0.25, 0.3) is 0 Å². The van der Waals surface area contributed by atoms with Gasteiger partial charge in [-0.1, -0.05) is 49.3 Å². The van der Waals surface area contributed by atoms with Gasteiger partial charge in [0.2, 0.25) is 5.91 Å². The molecule has 0 aliphatic carbocycles. The number of hydrogen-bond acceptors (Lipinski definition) is 4. The van der Waals surface area contributed by atoms with Gasteiger partial charge in [0.25, 0.3) is 0 Å². The number of amides is 1. The molecule has 1 saturated heterocycles. The summed E-state index contributed by atoms with van der Waals surface area (Å²) in [5.41, 5.74) is 1.81. The van der Waals surface area contributed by atoms with Crippen molar-refractivity contribution in [2.75, 3.05) is 13.7 Å². The number of nitrogens with zero attached hydrogens (tertiary/aromatic N) is 1. The largest absolute Gasteiger partial charge is 0.481 e. The Morgan fingerprint density at radius 1 is 1.32 bits per heavy atom. The fourth-order valence-corrected chi connectivity index (χ4v) is 3.54. The standard InChI is InChI=1S/C22H31NO5/c1-28-16-17-7-6-8-18(15-17)20(24)12-10-19-11-13-21(25)23(19)14-5-3-2-4-9-22(26)27/h6-8,10,12,15,19-20,24H,2-5,9,11,13-14,16H2,1H3,(H,26,27). The number of carboxylic acid groups (broad SMARTS) is 1. The molecule has 1 amide bonds. The molecule has 1 aliphatic rings. The lowest BCUT2D eigenvalue weighted by Crippen LogP contribution is -2.32. The third kappa shape index (κ3) is 7.09. The number of benzene rings is 1. The molecule has 0 radical (unpaired) electrons. The number of aliphatic hydroxyl groups excluding tert-OH is 1. The van der Waals surface area contributed by atoms with Crippen LogP contribution >= 0.6 is 0 Å². The Morgan fingerprint density at radius 2 is 2.11 bits per heavy atom. The monoisotopic (exact) mass is 389 g/mol. The number of unbranched alkanes of at least 4 members (excludes halogenated alkanes) is 3. The third-order valence-corrected chi connectivity index (χ3v) is 5.03. The summed E-state index contributed by atoms with van der Waals surface area (Å²) in [5, 5.41) is 19.1. The lowest BCUT2D eigenvalue weighted by Gasteiger charge is -2.22. The molecule has 1 aromatic rings. The minimum absolute atomic E-state index is 0.0170. The molecule has 1 aromatic carbocycles. The second kappa shape index (κ2) is 11.6. The van der Waals surface area contributed by atoms with Crippen molar-refractivity contribution in [3.63, 3.8) is 0 Å². The van der Waals surface area contributed by atoms with Crippen molar-refractivity contribution >= 4 is 11.9 Å². The van der Waals surface area contributed by atoms with Gasteiger partial charge < -0.3 is 19.8 Å². The van der Waals surface area contributed by atoms with Gasteiger partial charge in [0.1, 0.15) is 0 Å². The number of hydrogen-bond donors (Lipinski definition) is 2. The fraction of sp³-hybridized carbons (Fsp3) is 0.545. The van der Waals surface area contributed by atoms with E-state index in [0.29, 0.717) is 26.0 Å². The molecule has 0 bridgehead atoms. The molecule has 0 saturated carbocycles. The van der Waals surface area contributed by atoms with E-state index in [0.717, 1.165) is 36.8 Å². The average molecular weight is 389 g/mol. The number of aliphatic hydroxyl groups is 1. The summed E-state index contributed by atoms with van der Waals surface area (Å²) in [6.07, 6.45) is 7.82. The van der Waals surface area contributed by atoms with Crippen LogP contribution in [0.2, 0.25) is 0 Å². The first-order chi connectivity index (χ1) is 13.5. The Hall–Kier alpha value is -2.18. The van der Waals surface area contributed by atoms with E-state index in [1.54, 1.807) is 13.2 Å². The van der Waals surface area contributed by atoms with Crippen molar-refractivity contribution < 1.29 is 24.5 Å². The summed E-state index contributed by atoms with van der Waals surface area (Å²) in [7, 11) is 1.64. The van der Waals surface area contributed by atoms with Crippen molar-refractivity contribution in [1.82, 2.24) is 4.90 Å². The Balaban J connectivity index is 1.84. The highest BCUT2D eigenvalue weighted by Gasteiger charge is 2.28. The van der Waals surface area contributed by atoms with E-state index in [4.69, 9.17) is 9.84 Å². The predicted octanol–water partition coefficient (Wildman–Crippen LogP) is 3.45. The molecular weight excluding hydrogens is 358 g/mol. The van der Waals surface area contributed by atoms with Gasteiger partial charge in [-0.05, 0) is 30.4 Å².